The molecule has 0 unspecified atom stereocenters. The summed E-state index contributed by atoms with van der Waals surface area (Å²) in [6.07, 6.45) is 2.04. The van der Waals surface area contributed by atoms with Crippen molar-refractivity contribution in [2.24, 2.45) is 23.7 Å². The number of benzene rings is 3. The van der Waals surface area contributed by atoms with E-state index in [1.54, 1.807) is 0 Å². The fourth-order valence-corrected chi connectivity index (χ4v) is 6.18. The number of anilines is 1. The molecular formula is C25H21NO2. The van der Waals surface area contributed by atoms with E-state index in [0.29, 0.717) is 11.8 Å². The maximum absolute atomic E-state index is 13.5. The molecule has 1 aliphatic heterocycles. The summed E-state index contributed by atoms with van der Waals surface area (Å²) in [4.78, 5) is 28.4. The molecule has 2 amide bonds. The number of nitrogens with zero attached hydrogens (tertiary/aromatic N) is 1. The zero-order valence-corrected chi connectivity index (χ0v) is 15.5. The Labute approximate surface area is 164 Å². The Balaban J connectivity index is 1.41. The van der Waals surface area contributed by atoms with E-state index in [-0.39, 0.29) is 29.6 Å². The van der Waals surface area contributed by atoms with Crippen molar-refractivity contribution in [1.82, 2.24) is 0 Å². The van der Waals surface area contributed by atoms with Crippen LogP contribution in [0, 0.1) is 23.7 Å². The minimum atomic E-state index is -0.157. The second kappa shape index (κ2) is 5.78. The molecule has 0 radical (unpaired) electrons. The zero-order chi connectivity index (χ0) is 18.8. The van der Waals surface area contributed by atoms with Crippen molar-refractivity contribution in [3.8, 4) is 0 Å². The number of hydrogen-bond acceptors (Lipinski definition) is 2. The lowest BCUT2D eigenvalue weighted by atomic mass is 9.73. The zero-order valence-electron chi connectivity index (χ0n) is 15.5. The molecule has 138 valence electrons. The molecule has 28 heavy (non-hydrogen) atoms. The van der Waals surface area contributed by atoms with E-state index in [1.165, 1.54) is 10.5 Å². The Kier molecular flexibility index (Phi) is 3.31. The summed E-state index contributed by atoms with van der Waals surface area (Å²) in [5.74, 6) is 0.763. The Morgan fingerprint density at radius 3 is 2.29 bits per heavy atom. The Morgan fingerprint density at radius 1 is 0.714 bits per heavy atom. The lowest BCUT2D eigenvalue weighted by molar-refractivity contribution is -0.123. The fourth-order valence-electron chi connectivity index (χ4n) is 6.18. The van der Waals surface area contributed by atoms with Gasteiger partial charge in [0.2, 0.25) is 11.8 Å². The van der Waals surface area contributed by atoms with Gasteiger partial charge in [0.15, 0.2) is 0 Å². The van der Waals surface area contributed by atoms with Gasteiger partial charge in [0.1, 0.15) is 0 Å². The fraction of sp³-hybridized carbons (Fsp3) is 0.280. The third-order valence-electron chi connectivity index (χ3n) is 7.25. The lowest BCUT2D eigenvalue weighted by Gasteiger charge is -2.28. The van der Waals surface area contributed by atoms with E-state index in [1.807, 2.05) is 48.5 Å². The summed E-state index contributed by atoms with van der Waals surface area (Å²) in [5, 5.41) is 2.03. The summed E-state index contributed by atoms with van der Waals surface area (Å²) < 4.78 is 0. The largest absolute Gasteiger partial charge is 0.274 e. The molecule has 2 bridgehead atoms. The lowest BCUT2D eigenvalue weighted by Crippen LogP contribution is -2.33. The first-order valence-electron chi connectivity index (χ1n) is 10.1. The van der Waals surface area contributed by atoms with Gasteiger partial charge in [-0.1, -0.05) is 66.7 Å². The van der Waals surface area contributed by atoms with E-state index < -0.39 is 0 Å². The highest BCUT2D eigenvalue weighted by molar-refractivity contribution is 6.25. The van der Waals surface area contributed by atoms with Crippen molar-refractivity contribution < 1.29 is 9.59 Å². The first-order chi connectivity index (χ1) is 13.7. The first-order valence-corrected chi connectivity index (χ1v) is 10.1. The third kappa shape index (κ3) is 2.05. The minimum absolute atomic E-state index is 0.0134. The predicted octanol–water partition coefficient (Wildman–Crippen LogP) is 4.77. The van der Waals surface area contributed by atoms with Crippen LogP contribution in [0.15, 0.2) is 72.8 Å². The molecule has 1 saturated heterocycles. The number of hydrogen-bond donors (Lipinski definition) is 0. The Bertz CT molecular complexity index is 1100. The van der Waals surface area contributed by atoms with Gasteiger partial charge in [0.25, 0.3) is 0 Å². The molecular weight excluding hydrogens is 346 g/mol. The Hall–Kier alpha value is -2.94. The second-order valence-corrected chi connectivity index (χ2v) is 8.47. The van der Waals surface area contributed by atoms with Crippen molar-refractivity contribution >= 4 is 28.3 Å². The predicted molar refractivity (Wildman–Crippen MR) is 109 cm³/mol. The van der Waals surface area contributed by atoms with Crippen LogP contribution in [0.25, 0.3) is 10.8 Å². The van der Waals surface area contributed by atoms with Gasteiger partial charge in [-0.25, -0.2) is 4.90 Å². The van der Waals surface area contributed by atoms with Crippen LogP contribution in [0.2, 0.25) is 0 Å². The van der Waals surface area contributed by atoms with Gasteiger partial charge < -0.3 is 0 Å². The van der Waals surface area contributed by atoms with Crippen LogP contribution in [0.4, 0.5) is 5.69 Å². The smallest absolute Gasteiger partial charge is 0.238 e. The molecule has 2 aliphatic carbocycles. The van der Waals surface area contributed by atoms with E-state index in [0.717, 1.165) is 29.3 Å². The van der Waals surface area contributed by atoms with Gasteiger partial charge in [-0.05, 0) is 47.6 Å². The molecule has 3 aliphatic rings. The molecule has 0 spiro atoms. The molecule has 3 nitrogen and oxygen atoms in total. The van der Waals surface area contributed by atoms with Crippen LogP contribution in [0.5, 0.6) is 0 Å². The molecule has 1 heterocycles. The van der Waals surface area contributed by atoms with E-state index in [2.05, 4.69) is 24.3 Å². The number of rotatable bonds is 2. The van der Waals surface area contributed by atoms with Crippen molar-refractivity contribution in [1.29, 1.82) is 0 Å². The Morgan fingerprint density at radius 2 is 1.43 bits per heavy atom. The number of carbonyl (C=O) groups is 2. The maximum atomic E-state index is 13.5. The topological polar surface area (TPSA) is 37.4 Å². The monoisotopic (exact) mass is 367 g/mol. The number of imide groups is 1. The quantitative estimate of drug-likeness (QED) is 0.612. The molecule has 3 aromatic rings. The van der Waals surface area contributed by atoms with Gasteiger partial charge in [-0.2, -0.15) is 0 Å². The van der Waals surface area contributed by atoms with Crippen LogP contribution in [-0.2, 0) is 9.59 Å². The summed E-state index contributed by atoms with van der Waals surface area (Å²) >= 11 is 0. The molecule has 0 N–H and O–H groups in total. The average molecular weight is 367 g/mol. The highest BCUT2D eigenvalue weighted by Gasteiger charge is 2.64. The van der Waals surface area contributed by atoms with E-state index in [4.69, 9.17) is 0 Å². The number of fused-ring (bicyclic) bond motifs is 6. The highest BCUT2D eigenvalue weighted by Crippen LogP contribution is 2.62. The summed E-state index contributed by atoms with van der Waals surface area (Å²) in [5.41, 5.74) is 2.07. The third-order valence-corrected chi connectivity index (χ3v) is 7.25. The number of amides is 2. The van der Waals surface area contributed by atoms with Crippen LogP contribution in [-0.4, -0.2) is 11.8 Å². The van der Waals surface area contributed by atoms with Gasteiger partial charge in [0.05, 0.1) is 17.5 Å². The summed E-state index contributed by atoms with van der Waals surface area (Å²) in [6, 6.07) is 24.4. The summed E-state index contributed by atoms with van der Waals surface area (Å²) in [7, 11) is 0. The van der Waals surface area contributed by atoms with Crippen LogP contribution in [0.3, 0.4) is 0 Å². The molecule has 5 atom stereocenters. The SMILES string of the molecule is O=C1[C@@H]2[C@@H]3C[C@@H]([C@H]2C(=O)N1c1cccc2ccccc12)[C@H](c1ccccc1)C3. The van der Waals surface area contributed by atoms with Crippen LogP contribution < -0.4 is 4.90 Å². The minimum Gasteiger partial charge on any atom is -0.274 e. The molecule has 6 rings (SSSR count). The van der Waals surface area contributed by atoms with Gasteiger partial charge in [-0.3, -0.25) is 9.59 Å². The average Bonchev–Trinajstić information content (AvgIpc) is 3.40. The van der Waals surface area contributed by atoms with Crippen LogP contribution in [0.1, 0.15) is 24.3 Å². The molecule has 0 aromatic heterocycles. The standard InChI is InChI=1S/C25H21NO2/c27-24-22-17-13-19(16-7-2-1-3-8-16)20(14-17)23(22)25(28)26(24)21-12-6-10-15-9-4-5-11-18(15)21/h1-12,17,19-20,22-23H,13-14H2/t17-,19-,20+,22+,23+/m0/s1. The van der Waals surface area contributed by atoms with E-state index >= 15 is 0 Å². The number of carbonyl (C=O) groups excluding carboxylic acids is 2. The molecule has 3 heteroatoms. The van der Waals surface area contributed by atoms with Gasteiger partial charge in [-0.15, -0.1) is 0 Å². The highest BCUT2D eigenvalue weighted by atomic mass is 16.2. The van der Waals surface area contributed by atoms with E-state index in [9.17, 15) is 9.59 Å². The maximum Gasteiger partial charge on any atom is 0.238 e. The van der Waals surface area contributed by atoms with Crippen molar-refractivity contribution in [2.45, 2.75) is 18.8 Å². The van der Waals surface area contributed by atoms with Crippen molar-refractivity contribution in [3.05, 3.63) is 78.4 Å². The van der Waals surface area contributed by atoms with Crippen molar-refractivity contribution in [3.63, 3.8) is 0 Å². The van der Waals surface area contributed by atoms with Crippen LogP contribution >= 0.6 is 0 Å². The second-order valence-electron chi connectivity index (χ2n) is 8.47. The molecule has 2 saturated carbocycles. The first kappa shape index (κ1) is 16.1. The van der Waals surface area contributed by atoms with Gasteiger partial charge in [0, 0.05) is 5.39 Å². The molecule has 3 aromatic carbocycles. The normalized spacial score (nSPS) is 31.0. The van der Waals surface area contributed by atoms with Gasteiger partial charge >= 0.3 is 0 Å². The summed E-state index contributed by atoms with van der Waals surface area (Å²) in [6.45, 7) is 0. The molecule has 3 fully saturated rings. The van der Waals surface area contributed by atoms with Crippen molar-refractivity contribution in [2.75, 3.05) is 4.90 Å².